The molecule has 0 N–H and O–H groups in total. The van der Waals surface area contributed by atoms with Crippen LogP contribution in [0.15, 0.2) is 9.68 Å². The number of hydrogen-bond donors (Lipinski definition) is 0. The molecule has 2 aromatic heterocycles. The standard InChI is InChI=1S/C14H20N4O3S/c1-8(2)13-15-16-14(18(13)11-5-6-11)22(19,20)7-12-9(3)17-21-10(12)4/h8,11H,5-7H2,1-4H3. The van der Waals surface area contributed by atoms with E-state index in [0.717, 1.165) is 18.7 Å². The van der Waals surface area contributed by atoms with Crippen LogP contribution in [0.5, 0.6) is 0 Å². The lowest BCUT2D eigenvalue weighted by molar-refractivity contribution is 0.392. The molecule has 0 aliphatic heterocycles. The van der Waals surface area contributed by atoms with E-state index in [9.17, 15) is 8.42 Å². The van der Waals surface area contributed by atoms with Crippen molar-refractivity contribution in [2.75, 3.05) is 0 Å². The lowest BCUT2D eigenvalue weighted by atomic mass is 10.2. The summed E-state index contributed by atoms with van der Waals surface area (Å²) in [5.41, 5.74) is 1.21. The first-order valence-corrected chi connectivity index (χ1v) is 9.05. The van der Waals surface area contributed by atoms with Gasteiger partial charge in [0, 0.05) is 17.5 Å². The van der Waals surface area contributed by atoms with Gasteiger partial charge in [-0.05, 0) is 26.7 Å². The molecule has 7 nitrogen and oxygen atoms in total. The van der Waals surface area contributed by atoms with Gasteiger partial charge in [-0.3, -0.25) is 4.57 Å². The summed E-state index contributed by atoms with van der Waals surface area (Å²) in [6, 6.07) is 0.210. The highest BCUT2D eigenvalue weighted by Gasteiger charge is 2.35. The van der Waals surface area contributed by atoms with Gasteiger partial charge in [0.15, 0.2) is 0 Å². The molecule has 1 aliphatic carbocycles. The first-order chi connectivity index (χ1) is 10.3. The van der Waals surface area contributed by atoms with Crippen LogP contribution in [-0.4, -0.2) is 28.3 Å². The molecule has 1 aliphatic rings. The van der Waals surface area contributed by atoms with Crippen molar-refractivity contribution in [1.29, 1.82) is 0 Å². The monoisotopic (exact) mass is 324 g/mol. The number of aromatic nitrogens is 4. The first kappa shape index (κ1) is 15.2. The van der Waals surface area contributed by atoms with Crippen molar-refractivity contribution in [3.8, 4) is 0 Å². The predicted octanol–water partition coefficient (Wildman–Crippen LogP) is 2.32. The van der Waals surface area contributed by atoms with Gasteiger partial charge in [-0.25, -0.2) is 8.42 Å². The molecular formula is C14H20N4O3S. The second-order valence-electron chi connectivity index (χ2n) is 6.16. The van der Waals surface area contributed by atoms with E-state index in [0.29, 0.717) is 17.0 Å². The fourth-order valence-corrected chi connectivity index (χ4v) is 4.16. The van der Waals surface area contributed by atoms with Gasteiger partial charge in [-0.15, -0.1) is 10.2 Å². The molecule has 8 heteroatoms. The Hall–Kier alpha value is -1.70. The van der Waals surface area contributed by atoms with E-state index in [1.165, 1.54) is 0 Å². The normalized spacial score (nSPS) is 15.7. The van der Waals surface area contributed by atoms with Crippen molar-refractivity contribution in [1.82, 2.24) is 19.9 Å². The Balaban J connectivity index is 2.03. The molecule has 0 radical (unpaired) electrons. The average Bonchev–Trinajstić information content (AvgIpc) is 3.10. The first-order valence-electron chi connectivity index (χ1n) is 7.40. The molecule has 0 amide bonds. The average molecular weight is 324 g/mol. The van der Waals surface area contributed by atoms with E-state index in [2.05, 4.69) is 15.4 Å². The minimum Gasteiger partial charge on any atom is -0.361 e. The summed E-state index contributed by atoms with van der Waals surface area (Å²) in [5, 5.41) is 12.0. The summed E-state index contributed by atoms with van der Waals surface area (Å²) in [7, 11) is -3.59. The molecule has 1 saturated carbocycles. The van der Waals surface area contributed by atoms with Gasteiger partial charge in [0.1, 0.15) is 11.6 Å². The maximum Gasteiger partial charge on any atom is 0.250 e. The van der Waals surface area contributed by atoms with Crippen LogP contribution in [0.25, 0.3) is 0 Å². The summed E-state index contributed by atoms with van der Waals surface area (Å²) in [5.74, 6) is 1.25. The largest absolute Gasteiger partial charge is 0.361 e. The van der Waals surface area contributed by atoms with E-state index in [1.54, 1.807) is 18.4 Å². The van der Waals surface area contributed by atoms with Crippen LogP contribution in [0.3, 0.4) is 0 Å². The Morgan fingerprint density at radius 1 is 1.27 bits per heavy atom. The van der Waals surface area contributed by atoms with Crippen LogP contribution in [0.1, 0.15) is 61.5 Å². The third kappa shape index (κ3) is 2.55. The summed E-state index contributed by atoms with van der Waals surface area (Å²) >= 11 is 0. The summed E-state index contributed by atoms with van der Waals surface area (Å²) in [4.78, 5) is 0. The van der Waals surface area contributed by atoms with Gasteiger partial charge in [-0.1, -0.05) is 19.0 Å². The second kappa shape index (κ2) is 5.19. The number of aryl methyl sites for hydroxylation is 2. The van der Waals surface area contributed by atoms with E-state index in [-0.39, 0.29) is 22.9 Å². The minimum absolute atomic E-state index is 0.0682. The van der Waals surface area contributed by atoms with Gasteiger partial charge in [-0.2, -0.15) is 0 Å². The molecule has 120 valence electrons. The molecule has 22 heavy (non-hydrogen) atoms. The van der Waals surface area contributed by atoms with Crippen LogP contribution in [0.4, 0.5) is 0 Å². The van der Waals surface area contributed by atoms with E-state index in [1.807, 2.05) is 13.8 Å². The fraction of sp³-hybridized carbons (Fsp3) is 0.643. The van der Waals surface area contributed by atoms with Crippen LogP contribution in [-0.2, 0) is 15.6 Å². The zero-order valence-corrected chi connectivity index (χ0v) is 14.0. The highest BCUT2D eigenvalue weighted by Crippen LogP contribution is 2.39. The molecule has 0 saturated heterocycles. The van der Waals surface area contributed by atoms with Crippen molar-refractivity contribution in [3.05, 3.63) is 22.8 Å². The molecule has 0 atom stereocenters. The van der Waals surface area contributed by atoms with Gasteiger partial charge >= 0.3 is 0 Å². The number of nitrogens with zero attached hydrogens (tertiary/aromatic N) is 4. The molecular weight excluding hydrogens is 304 g/mol. The van der Waals surface area contributed by atoms with Crippen LogP contribution >= 0.6 is 0 Å². The summed E-state index contributed by atoms with van der Waals surface area (Å²) in [6.07, 6.45) is 1.96. The van der Waals surface area contributed by atoms with Crippen LogP contribution < -0.4 is 0 Å². The maximum absolute atomic E-state index is 12.8. The lowest BCUT2D eigenvalue weighted by Crippen LogP contribution is -2.15. The quantitative estimate of drug-likeness (QED) is 0.838. The Kier molecular flexibility index (Phi) is 3.58. The fourth-order valence-electron chi connectivity index (χ4n) is 2.53. The number of hydrogen-bond acceptors (Lipinski definition) is 6. The zero-order chi connectivity index (χ0) is 16.1. The van der Waals surface area contributed by atoms with E-state index < -0.39 is 9.84 Å². The van der Waals surface area contributed by atoms with Crippen molar-refractivity contribution in [2.45, 2.75) is 63.4 Å². The van der Waals surface area contributed by atoms with Gasteiger partial charge in [0.25, 0.3) is 0 Å². The van der Waals surface area contributed by atoms with Gasteiger partial charge in [0.05, 0.1) is 11.4 Å². The topological polar surface area (TPSA) is 90.9 Å². The molecule has 0 unspecified atom stereocenters. The highest BCUT2D eigenvalue weighted by molar-refractivity contribution is 7.90. The molecule has 3 rings (SSSR count). The second-order valence-corrected chi connectivity index (χ2v) is 8.04. The Bertz CT molecular complexity index is 781. The van der Waals surface area contributed by atoms with Gasteiger partial charge < -0.3 is 4.52 Å². The Morgan fingerprint density at radius 2 is 1.95 bits per heavy atom. The zero-order valence-electron chi connectivity index (χ0n) is 13.2. The van der Waals surface area contributed by atoms with Crippen molar-refractivity contribution >= 4 is 9.84 Å². The number of sulfone groups is 1. The molecule has 0 aromatic carbocycles. The van der Waals surface area contributed by atoms with Crippen molar-refractivity contribution in [2.24, 2.45) is 0 Å². The maximum atomic E-state index is 12.8. The molecule has 2 aromatic rings. The van der Waals surface area contributed by atoms with Crippen molar-refractivity contribution in [3.63, 3.8) is 0 Å². The molecule has 0 spiro atoms. The van der Waals surface area contributed by atoms with Crippen LogP contribution in [0, 0.1) is 13.8 Å². The summed E-state index contributed by atoms with van der Waals surface area (Å²) in [6.45, 7) is 7.45. The third-order valence-corrected chi connectivity index (χ3v) is 5.42. The SMILES string of the molecule is Cc1noc(C)c1CS(=O)(=O)c1nnc(C(C)C)n1C1CC1. The van der Waals surface area contributed by atoms with Crippen LogP contribution in [0.2, 0.25) is 0 Å². The Morgan fingerprint density at radius 3 is 2.45 bits per heavy atom. The molecule has 0 bridgehead atoms. The van der Waals surface area contributed by atoms with E-state index in [4.69, 9.17) is 4.52 Å². The van der Waals surface area contributed by atoms with E-state index >= 15 is 0 Å². The third-order valence-electron chi connectivity index (χ3n) is 3.91. The van der Waals surface area contributed by atoms with Gasteiger partial charge in [0.2, 0.25) is 15.0 Å². The minimum atomic E-state index is -3.59. The lowest BCUT2D eigenvalue weighted by Gasteiger charge is -2.11. The molecule has 2 heterocycles. The molecule has 1 fully saturated rings. The summed E-state index contributed by atoms with van der Waals surface area (Å²) < 4.78 is 32.5. The highest BCUT2D eigenvalue weighted by atomic mass is 32.2. The Labute approximate surface area is 129 Å². The number of rotatable bonds is 5. The smallest absolute Gasteiger partial charge is 0.250 e. The van der Waals surface area contributed by atoms with Crippen molar-refractivity contribution < 1.29 is 12.9 Å². The predicted molar refractivity (Wildman–Crippen MR) is 79.2 cm³/mol.